The van der Waals surface area contributed by atoms with Gasteiger partial charge >= 0.3 is 0 Å². The van der Waals surface area contributed by atoms with Crippen LogP contribution in [0, 0.1) is 13.8 Å². The van der Waals surface area contributed by atoms with E-state index in [9.17, 15) is 4.79 Å². The second-order valence-corrected chi connectivity index (χ2v) is 9.61. The number of rotatable bonds is 8. The van der Waals surface area contributed by atoms with E-state index in [1.165, 1.54) is 47.8 Å². The van der Waals surface area contributed by atoms with Crippen LogP contribution in [0.3, 0.4) is 0 Å². The minimum Gasteiger partial charge on any atom is -0.486 e. The number of nitrogens with zero attached hydrogens (tertiary/aromatic N) is 4. The lowest BCUT2D eigenvalue weighted by molar-refractivity contribution is -0.113. The van der Waals surface area contributed by atoms with Crippen molar-refractivity contribution in [2.75, 3.05) is 34.9 Å². The minimum absolute atomic E-state index is 0.122. The SMILES string of the molecule is Cc1cc(C)cc(OCc2nnc(SCC(=O)Nc3ccc(N4CCCCCC4)cc3)n2N)c1. The smallest absolute Gasteiger partial charge is 0.234 e. The van der Waals surface area contributed by atoms with Crippen LogP contribution in [0.15, 0.2) is 47.6 Å². The number of aromatic nitrogens is 3. The zero-order valence-corrected chi connectivity index (χ0v) is 20.6. The number of benzene rings is 2. The Morgan fingerprint density at radius 3 is 2.38 bits per heavy atom. The molecule has 0 atom stereocenters. The number of hydrogen-bond donors (Lipinski definition) is 2. The molecule has 0 aliphatic carbocycles. The van der Waals surface area contributed by atoms with Crippen molar-refractivity contribution >= 4 is 29.0 Å². The predicted octanol–water partition coefficient (Wildman–Crippen LogP) is 4.30. The molecule has 0 unspecified atom stereocenters. The van der Waals surface area contributed by atoms with Gasteiger partial charge in [0.25, 0.3) is 0 Å². The summed E-state index contributed by atoms with van der Waals surface area (Å²) in [6, 6.07) is 14.1. The molecule has 34 heavy (non-hydrogen) atoms. The van der Waals surface area contributed by atoms with Gasteiger partial charge in [-0.3, -0.25) is 4.79 Å². The van der Waals surface area contributed by atoms with E-state index in [0.717, 1.165) is 35.7 Å². The third-order valence-electron chi connectivity index (χ3n) is 5.75. The summed E-state index contributed by atoms with van der Waals surface area (Å²) in [4.78, 5) is 14.9. The molecule has 4 rings (SSSR count). The number of aryl methyl sites for hydroxylation is 2. The number of carbonyl (C=O) groups excluding carboxylic acids is 1. The molecular weight excluding hydrogens is 448 g/mol. The fourth-order valence-electron chi connectivity index (χ4n) is 4.08. The molecule has 2 aromatic carbocycles. The minimum atomic E-state index is -0.122. The van der Waals surface area contributed by atoms with Gasteiger partial charge in [0.1, 0.15) is 12.4 Å². The Kier molecular flexibility index (Phi) is 7.95. The summed E-state index contributed by atoms with van der Waals surface area (Å²) in [6.07, 6.45) is 5.08. The molecule has 9 heteroatoms. The molecule has 1 fully saturated rings. The van der Waals surface area contributed by atoms with Gasteiger partial charge in [0.2, 0.25) is 11.1 Å². The fraction of sp³-hybridized carbons (Fsp3) is 0.400. The molecule has 3 aromatic rings. The molecular formula is C25H32N6O2S. The Labute approximate surface area is 204 Å². The van der Waals surface area contributed by atoms with Gasteiger partial charge in [-0.15, -0.1) is 10.2 Å². The normalized spacial score (nSPS) is 14.0. The number of nitrogens with two attached hydrogens (primary N) is 1. The van der Waals surface area contributed by atoms with Crippen LogP contribution < -0.4 is 20.8 Å². The summed E-state index contributed by atoms with van der Waals surface area (Å²) < 4.78 is 7.19. The molecule has 3 N–H and O–H groups in total. The number of amides is 1. The van der Waals surface area contributed by atoms with Gasteiger partial charge in [0.05, 0.1) is 5.75 Å². The zero-order valence-electron chi connectivity index (χ0n) is 19.8. The van der Waals surface area contributed by atoms with Crippen LogP contribution in [0.2, 0.25) is 0 Å². The lowest BCUT2D eigenvalue weighted by Crippen LogP contribution is -2.23. The molecule has 1 aliphatic rings. The Morgan fingerprint density at radius 2 is 1.71 bits per heavy atom. The first-order valence-electron chi connectivity index (χ1n) is 11.7. The number of anilines is 2. The van der Waals surface area contributed by atoms with Crippen molar-refractivity contribution in [1.29, 1.82) is 0 Å². The van der Waals surface area contributed by atoms with Crippen LogP contribution in [0.4, 0.5) is 11.4 Å². The van der Waals surface area contributed by atoms with Crippen LogP contribution in [-0.4, -0.2) is 39.6 Å². The molecule has 180 valence electrons. The van der Waals surface area contributed by atoms with Gasteiger partial charge in [-0.05, 0) is 74.2 Å². The highest BCUT2D eigenvalue weighted by Crippen LogP contribution is 2.23. The van der Waals surface area contributed by atoms with E-state index in [1.807, 2.05) is 38.1 Å². The summed E-state index contributed by atoms with van der Waals surface area (Å²) in [6.45, 7) is 6.44. The van der Waals surface area contributed by atoms with E-state index in [1.54, 1.807) is 0 Å². The second-order valence-electron chi connectivity index (χ2n) is 8.67. The molecule has 0 radical (unpaired) electrons. The number of nitrogens with one attached hydrogen (secondary N) is 1. The van der Waals surface area contributed by atoms with E-state index >= 15 is 0 Å². The van der Waals surface area contributed by atoms with Gasteiger partial charge in [0, 0.05) is 24.5 Å². The van der Waals surface area contributed by atoms with Gasteiger partial charge < -0.3 is 20.8 Å². The largest absolute Gasteiger partial charge is 0.486 e. The summed E-state index contributed by atoms with van der Waals surface area (Å²) in [7, 11) is 0. The van der Waals surface area contributed by atoms with Crippen molar-refractivity contribution in [3.05, 3.63) is 59.4 Å². The molecule has 1 saturated heterocycles. The van der Waals surface area contributed by atoms with Gasteiger partial charge in [-0.2, -0.15) is 0 Å². The highest BCUT2D eigenvalue weighted by Gasteiger charge is 2.14. The lowest BCUT2D eigenvalue weighted by Gasteiger charge is -2.22. The molecule has 1 amide bonds. The topological polar surface area (TPSA) is 98.3 Å². The first-order valence-corrected chi connectivity index (χ1v) is 12.6. The van der Waals surface area contributed by atoms with Crippen LogP contribution in [-0.2, 0) is 11.4 Å². The highest BCUT2D eigenvalue weighted by molar-refractivity contribution is 7.99. The van der Waals surface area contributed by atoms with E-state index in [0.29, 0.717) is 11.0 Å². The van der Waals surface area contributed by atoms with Crippen LogP contribution in [0.25, 0.3) is 0 Å². The Morgan fingerprint density at radius 1 is 1.03 bits per heavy atom. The number of ether oxygens (including phenoxy) is 1. The highest BCUT2D eigenvalue weighted by atomic mass is 32.2. The zero-order chi connectivity index (χ0) is 23.9. The summed E-state index contributed by atoms with van der Waals surface area (Å²) >= 11 is 1.24. The predicted molar refractivity (Wildman–Crippen MR) is 137 cm³/mol. The Balaban J connectivity index is 1.26. The monoisotopic (exact) mass is 480 g/mol. The van der Waals surface area contributed by atoms with E-state index in [2.05, 4.69) is 38.6 Å². The number of nitrogen functional groups attached to an aromatic ring is 1. The molecule has 0 bridgehead atoms. The third kappa shape index (κ3) is 6.44. The number of hydrogen-bond acceptors (Lipinski definition) is 7. The Bertz CT molecular complexity index is 1090. The van der Waals surface area contributed by atoms with Crippen molar-refractivity contribution in [2.24, 2.45) is 0 Å². The average molecular weight is 481 g/mol. The molecule has 0 saturated carbocycles. The summed E-state index contributed by atoms with van der Waals surface area (Å²) in [5.74, 6) is 7.43. The average Bonchev–Trinajstić information content (AvgIpc) is 2.99. The van der Waals surface area contributed by atoms with Gasteiger partial charge in [-0.25, -0.2) is 4.68 Å². The second kappa shape index (κ2) is 11.3. The first-order chi connectivity index (χ1) is 16.5. The van der Waals surface area contributed by atoms with Crippen LogP contribution in [0.5, 0.6) is 5.75 Å². The maximum absolute atomic E-state index is 12.4. The first kappa shape index (κ1) is 23.9. The van der Waals surface area contributed by atoms with Crippen molar-refractivity contribution < 1.29 is 9.53 Å². The van der Waals surface area contributed by atoms with Crippen LogP contribution in [0.1, 0.15) is 42.6 Å². The fourth-order valence-corrected chi connectivity index (χ4v) is 4.76. The van der Waals surface area contributed by atoms with Gasteiger partial charge in [0.15, 0.2) is 5.82 Å². The van der Waals surface area contributed by atoms with E-state index in [4.69, 9.17) is 10.6 Å². The molecule has 8 nitrogen and oxygen atoms in total. The maximum Gasteiger partial charge on any atom is 0.234 e. The summed E-state index contributed by atoms with van der Waals surface area (Å²) in [5.41, 5.74) is 4.24. The Hall–Kier alpha value is -3.20. The van der Waals surface area contributed by atoms with Crippen molar-refractivity contribution in [3.63, 3.8) is 0 Å². The van der Waals surface area contributed by atoms with Crippen molar-refractivity contribution in [3.8, 4) is 5.75 Å². The lowest BCUT2D eigenvalue weighted by atomic mass is 10.1. The third-order valence-corrected chi connectivity index (χ3v) is 6.70. The summed E-state index contributed by atoms with van der Waals surface area (Å²) in [5, 5.41) is 11.6. The van der Waals surface area contributed by atoms with Crippen LogP contribution >= 0.6 is 11.8 Å². The quantitative estimate of drug-likeness (QED) is 0.366. The van der Waals surface area contributed by atoms with Crippen molar-refractivity contribution in [1.82, 2.24) is 14.9 Å². The molecule has 2 heterocycles. The van der Waals surface area contributed by atoms with Crippen molar-refractivity contribution in [2.45, 2.75) is 51.3 Å². The van der Waals surface area contributed by atoms with E-state index in [-0.39, 0.29) is 18.3 Å². The van der Waals surface area contributed by atoms with Gasteiger partial charge in [-0.1, -0.05) is 30.7 Å². The molecule has 1 aromatic heterocycles. The van der Waals surface area contributed by atoms with E-state index < -0.39 is 0 Å². The molecule has 1 aliphatic heterocycles. The number of carbonyl (C=O) groups is 1. The standard InChI is InChI=1S/C25H32N6O2S/c1-18-13-19(2)15-22(14-18)33-16-23-28-29-25(31(23)26)34-17-24(32)27-20-7-9-21(10-8-20)30-11-5-3-4-6-12-30/h7-10,13-15H,3-6,11-12,16-17,26H2,1-2H3,(H,27,32). The number of thioether (sulfide) groups is 1. The molecule has 0 spiro atoms. The maximum atomic E-state index is 12.4.